The minimum atomic E-state index is 0.657. The first-order chi connectivity index (χ1) is 11.9. The van der Waals surface area contributed by atoms with E-state index in [1.165, 1.54) is 10.4 Å². The van der Waals surface area contributed by atoms with E-state index in [0.717, 1.165) is 29.1 Å². The number of fused-ring (bicyclic) bond motifs is 1. The average molecular weight is 352 g/mol. The summed E-state index contributed by atoms with van der Waals surface area (Å²) in [6.07, 6.45) is 0. The molecule has 0 unspecified atom stereocenters. The van der Waals surface area contributed by atoms with Crippen LogP contribution >= 0.6 is 22.7 Å². The molecule has 120 valence electrons. The molecule has 1 aromatic carbocycles. The maximum atomic E-state index is 4.67. The average Bonchev–Trinajstić information content (AvgIpc) is 3.30. The standard InChI is InChI=1S/C18H16N4S2/c1-2-5-13(6-3-1)11-19-17-16-15(8-10-24-16)21-18(22-17)20-12-14-7-4-9-23-14/h1-10H,11-12H2,(H2,19,20,21,22). The second-order valence-electron chi connectivity index (χ2n) is 5.30. The summed E-state index contributed by atoms with van der Waals surface area (Å²) in [7, 11) is 0. The summed E-state index contributed by atoms with van der Waals surface area (Å²) in [6.45, 7) is 1.49. The van der Waals surface area contributed by atoms with E-state index >= 15 is 0 Å². The van der Waals surface area contributed by atoms with Crippen molar-refractivity contribution in [1.82, 2.24) is 9.97 Å². The molecule has 0 bridgehead atoms. The number of benzene rings is 1. The van der Waals surface area contributed by atoms with E-state index in [1.807, 2.05) is 24.3 Å². The van der Waals surface area contributed by atoms with E-state index in [1.54, 1.807) is 22.7 Å². The van der Waals surface area contributed by atoms with Gasteiger partial charge in [0, 0.05) is 11.4 Å². The Morgan fingerprint density at radius 3 is 2.54 bits per heavy atom. The lowest BCUT2D eigenvalue weighted by Gasteiger charge is -2.10. The van der Waals surface area contributed by atoms with Crippen LogP contribution in [0.15, 0.2) is 59.3 Å². The zero-order valence-corrected chi connectivity index (χ0v) is 14.5. The molecule has 0 saturated heterocycles. The second-order valence-corrected chi connectivity index (χ2v) is 7.25. The molecule has 0 fully saturated rings. The molecule has 0 radical (unpaired) electrons. The molecule has 0 spiro atoms. The Morgan fingerprint density at radius 2 is 1.71 bits per heavy atom. The lowest BCUT2D eigenvalue weighted by molar-refractivity contribution is 1.07. The van der Waals surface area contributed by atoms with Crippen molar-refractivity contribution >= 4 is 44.7 Å². The van der Waals surface area contributed by atoms with Gasteiger partial charge in [-0.25, -0.2) is 4.98 Å². The van der Waals surface area contributed by atoms with E-state index in [2.05, 4.69) is 55.6 Å². The van der Waals surface area contributed by atoms with Gasteiger partial charge in [0.15, 0.2) is 0 Å². The summed E-state index contributed by atoms with van der Waals surface area (Å²) in [5.41, 5.74) is 2.20. The number of thiophene rings is 2. The lowest BCUT2D eigenvalue weighted by Crippen LogP contribution is -2.06. The van der Waals surface area contributed by atoms with Crippen molar-refractivity contribution in [3.05, 3.63) is 69.7 Å². The first kappa shape index (κ1) is 15.1. The van der Waals surface area contributed by atoms with Crippen molar-refractivity contribution in [2.45, 2.75) is 13.1 Å². The number of anilines is 2. The van der Waals surface area contributed by atoms with Crippen molar-refractivity contribution in [3.8, 4) is 0 Å². The van der Waals surface area contributed by atoms with Gasteiger partial charge in [0.2, 0.25) is 5.95 Å². The van der Waals surface area contributed by atoms with E-state index in [4.69, 9.17) is 0 Å². The van der Waals surface area contributed by atoms with Gasteiger partial charge >= 0.3 is 0 Å². The maximum Gasteiger partial charge on any atom is 0.225 e. The van der Waals surface area contributed by atoms with Crippen LogP contribution in [-0.4, -0.2) is 9.97 Å². The van der Waals surface area contributed by atoms with Gasteiger partial charge in [0.05, 0.1) is 16.8 Å². The van der Waals surface area contributed by atoms with Crippen LogP contribution < -0.4 is 10.6 Å². The van der Waals surface area contributed by atoms with Gasteiger partial charge in [-0.05, 0) is 28.5 Å². The van der Waals surface area contributed by atoms with Crippen molar-refractivity contribution in [2.75, 3.05) is 10.6 Å². The van der Waals surface area contributed by atoms with Gasteiger partial charge < -0.3 is 10.6 Å². The Bertz CT molecular complexity index is 917. The summed E-state index contributed by atoms with van der Waals surface area (Å²) >= 11 is 3.39. The van der Waals surface area contributed by atoms with E-state index in [-0.39, 0.29) is 0 Å². The molecule has 6 heteroatoms. The molecule has 0 aliphatic heterocycles. The number of hydrogen-bond acceptors (Lipinski definition) is 6. The van der Waals surface area contributed by atoms with E-state index in [9.17, 15) is 0 Å². The summed E-state index contributed by atoms with van der Waals surface area (Å²) < 4.78 is 1.09. The number of nitrogens with one attached hydrogen (secondary N) is 2. The molecule has 3 aromatic heterocycles. The third kappa shape index (κ3) is 3.39. The van der Waals surface area contributed by atoms with Crippen molar-refractivity contribution in [3.63, 3.8) is 0 Å². The Labute approximate surface area is 148 Å². The van der Waals surface area contributed by atoms with Crippen LogP contribution in [-0.2, 0) is 13.1 Å². The van der Waals surface area contributed by atoms with Crippen molar-refractivity contribution in [1.29, 1.82) is 0 Å². The fraction of sp³-hybridized carbons (Fsp3) is 0.111. The van der Waals surface area contributed by atoms with Gasteiger partial charge in [-0.3, -0.25) is 0 Å². The van der Waals surface area contributed by atoms with Gasteiger partial charge in [-0.1, -0.05) is 36.4 Å². The monoisotopic (exact) mass is 352 g/mol. The van der Waals surface area contributed by atoms with Crippen molar-refractivity contribution in [2.24, 2.45) is 0 Å². The highest BCUT2D eigenvalue weighted by Gasteiger charge is 2.09. The summed E-state index contributed by atoms with van der Waals surface area (Å²) in [6, 6.07) is 16.5. The van der Waals surface area contributed by atoms with Crippen LogP contribution in [0, 0.1) is 0 Å². The van der Waals surface area contributed by atoms with Crippen molar-refractivity contribution < 1.29 is 0 Å². The fourth-order valence-corrected chi connectivity index (χ4v) is 3.86. The first-order valence-electron chi connectivity index (χ1n) is 7.68. The second kappa shape index (κ2) is 6.98. The molecule has 0 aliphatic carbocycles. The molecule has 3 heterocycles. The smallest absolute Gasteiger partial charge is 0.225 e. The fourth-order valence-electron chi connectivity index (χ4n) is 2.42. The zero-order chi connectivity index (χ0) is 16.2. The summed E-state index contributed by atoms with van der Waals surface area (Å²) in [4.78, 5) is 10.5. The molecule has 4 rings (SSSR count). The summed E-state index contributed by atoms with van der Waals surface area (Å²) in [5.74, 6) is 1.54. The van der Waals surface area contributed by atoms with Gasteiger partial charge in [-0.15, -0.1) is 22.7 Å². The Hall–Kier alpha value is -2.44. The Balaban J connectivity index is 1.55. The highest BCUT2D eigenvalue weighted by Crippen LogP contribution is 2.28. The number of rotatable bonds is 6. The van der Waals surface area contributed by atoms with Gasteiger partial charge in [0.25, 0.3) is 0 Å². The van der Waals surface area contributed by atoms with Gasteiger partial charge in [0.1, 0.15) is 5.82 Å². The number of hydrogen-bond donors (Lipinski definition) is 2. The minimum absolute atomic E-state index is 0.657. The molecular weight excluding hydrogens is 336 g/mol. The SMILES string of the molecule is c1ccc(CNc2nc(NCc3cccs3)nc3ccsc23)cc1. The third-order valence-electron chi connectivity index (χ3n) is 3.61. The Kier molecular flexibility index (Phi) is 4.40. The quantitative estimate of drug-likeness (QED) is 0.514. The van der Waals surface area contributed by atoms with Crippen LogP contribution in [0.5, 0.6) is 0 Å². The largest absolute Gasteiger partial charge is 0.365 e. The normalized spacial score (nSPS) is 10.8. The number of aromatic nitrogens is 2. The molecule has 4 aromatic rings. The van der Waals surface area contributed by atoms with Crippen LogP contribution in [0.3, 0.4) is 0 Å². The highest BCUT2D eigenvalue weighted by molar-refractivity contribution is 7.17. The Morgan fingerprint density at radius 1 is 0.792 bits per heavy atom. The van der Waals surface area contributed by atoms with Crippen LogP contribution in [0.1, 0.15) is 10.4 Å². The molecule has 4 nitrogen and oxygen atoms in total. The molecule has 0 amide bonds. The molecular formula is C18H16N4S2. The lowest BCUT2D eigenvalue weighted by atomic mass is 10.2. The predicted molar refractivity (Wildman–Crippen MR) is 103 cm³/mol. The minimum Gasteiger partial charge on any atom is -0.365 e. The van der Waals surface area contributed by atoms with Crippen LogP contribution in [0.25, 0.3) is 10.2 Å². The number of nitrogens with zero attached hydrogens (tertiary/aromatic N) is 2. The van der Waals surface area contributed by atoms with E-state index in [0.29, 0.717) is 5.95 Å². The topological polar surface area (TPSA) is 49.8 Å². The molecule has 2 N–H and O–H groups in total. The van der Waals surface area contributed by atoms with Gasteiger partial charge in [-0.2, -0.15) is 4.98 Å². The third-order valence-corrected chi connectivity index (χ3v) is 5.39. The molecule has 0 aliphatic rings. The summed E-state index contributed by atoms with van der Waals surface area (Å²) in [5, 5.41) is 10.9. The van der Waals surface area contributed by atoms with E-state index < -0.39 is 0 Å². The maximum absolute atomic E-state index is 4.67. The predicted octanol–water partition coefficient (Wildman–Crippen LogP) is 4.98. The first-order valence-corrected chi connectivity index (χ1v) is 9.44. The molecule has 0 saturated carbocycles. The van der Waals surface area contributed by atoms with Crippen LogP contribution in [0.4, 0.5) is 11.8 Å². The van der Waals surface area contributed by atoms with Crippen LogP contribution in [0.2, 0.25) is 0 Å². The highest BCUT2D eigenvalue weighted by atomic mass is 32.1. The molecule has 0 atom stereocenters. The molecule has 24 heavy (non-hydrogen) atoms. The zero-order valence-electron chi connectivity index (χ0n) is 12.9.